The van der Waals surface area contributed by atoms with E-state index < -0.39 is 5.60 Å². The highest BCUT2D eigenvalue weighted by atomic mass is 16.5. The van der Waals surface area contributed by atoms with Gasteiger partial charge in [0, 0.05) is 13.2 Å². The van der Waals surface area contributed by atoms with Crippen LogP contribution in [0.25, 0.3) is 0 Å². The lowest BCUT2D eigenvalue weighted by molar-refractivity contribution is -0.136. The Bertz CT molecular complexity index is 278. The van der Waals surface area contributed by atoms with Gasteiger partial charge in [-0.05, 0) is 23.7 Å². The van der Waals surface area contributed by atoms with Crippen molar-refractivity contribution in [3.63, 3.8) is 0 Å². The Labute approximate surface area is 105 Å². The maximum Gasteiger partial charge on any atom is 0.252 e. The molecule has 0 unspecified atom stereocenters. The maximum atomic E-state index is 12.2. The SMILES string of the molecule is COC1(C(=O)NC(C(C)(C)C)C(C)(C)C)CC1. The normalized spacial score (nSPS) is 19.3. The molecule has 1 amide bonds. The average Bonchev–Trinajstić information content (AvgIpc) is 2.90. The van der Waals surface area contributed by atoms with Crippen molar-refractivity contribution in [2.75, 3.05) is 7.11 Å². The summed E-state index contributed by atoms with van der Waals surface area (Å²) in [5, 5.41) is 3.19. The Balaban J connectivity index is 2.78. The van der Waals surface area contributed by atoms with Crippen LogP contribution in [0, 0.1) is 10.8 Å². The summed E-state index contributed by atoms with van der Waals surface area (Å²) in [7, 11) is 1.62. The molecule has 0 heterocycles. The minimum atomic E-state index is -0.533. The van der Waals surface area contributed by atoms with E-state index in [2.05, 4.69) is 46.9 Å². The predicted octanol–water partition coefficient (Wildman–Crippen LogP) is 2.74. The number of nitrogens with one attached hydrogen (secondary N) is 1. The van der Waals surface area contributed by atoms with Gasteiger partial charge in [0.2, 0.25) is 0 Å². The zero-order valence-corrected chi connectivity index (χ0v) is 12.3. The van der Waals surface area contributed by atoms with Gasteiger partial charge >= 0.3 is 0 Å². The van der Waals surface area contributed by atoms with E-state index in [0.717, 1.165) is 12.8 Å². The first kappa shape index (κ1) is 14.5. The predicted molar refractivity (Wildman–Crippen MR) is 69.8 cm³/mol. The average molecular weight is 241 g/mol. The van der Waals surface area contributed by atoms with Crippen LogP contribution in [0.4, 0.5) is 0 Å². The molecule has 1 rings (SSSR count). The van der Waals surface area contributed by atoms with Gasteiger partial charge < -0.3 is 10.1 Å². The van der Waals surface area contributed by atoms with Crippen LogP contribution in [0.15, 0.2) is 0 Å². The first-order valence-corrected chi connectivity index (χ1v) is 6.39. The van der Waals surface area contributed by atoms with Crippen LogP contribution in [0.5, 0.6) is 0 Å². The van der Waals surface area contributed by atoms with Crippen molar-refractivity contribution < 1.29 is 9.53 Å². The van der Waals surface area contributed by atoms with E-state index in [4.69, 9.17) is 4.74 Å². The van der Waals surface area contributed by atoms with E-state index >= 15 is 0 Å². The molecule has 100 valence electrons. The quantitative estimate of drug-likeness (QED) is 0.825. The summed E-state index contributed by atoms with van der Waals surface area (Å²) >= 11 is 0. The monoisotopic (exact) mass is 241 g/mol. The maximum absolute atomic E-state index is 12.2. The smallest absolute Gasteiger partial charge is 0.252 e. The van der Waals surface area contributed by atoms with Gasteiger partial charge in [0.1, 0.15) is 5.60 Å². The van der Waals surface area contributed by atoms with E-state index in [1.54, 1.807) is 7.11 Å². The van der Waals surface area contributed by atoms with E-state index in [9.17, 15) is 4.79 Å². The summed E-state index contributed by atoms with van der Waals surface area (Å²) in [4.78, 5) is 12.2. The molecule has 1 aliphatic rings. The molecule has 0 aromatic heterocycles. The molecule has 1 aliphatic carbocycles. The molecule has 1 saturated carbocycles. The number of carbonyl (C=O) groups is 1. The summed E-state index contributed by atoms with van der Waals surface area (Å²) in [6.07, 6.45) is 1.69. The molecule has 17 heavy (non-hydrogen) atoms. The van der Waals surface area contributed by atoms with Crippen LogP contribution in [0.3, 0.4) is 0 Å². The fraction of sp³-hybridized carbons (Fsp3) is 0.929. The molecule has 0 radical (unpaired) electrons. The highest BCUT2D eigenvalue weighted by Gasteiger charge is 2.52. The molecule has 0 aromatic carbocycles. The molecule has 1 N–H and O–H groups in total. The Morgan fingerprint density at radius 3 is 1.76 bits per heavy atom. The van der Waals surface area contributed by atoms with Gasteiger partial charge in [-0.2, -0.15) is 0 Å². The highest BCUT2D eigenvalue weighted by molar-refractivity contribution is 5.88. The van der Waals surface area contributed by atoms with Gasteiger partial charge in [-0.3, -0.25) is 4.79 Å². The van der Waals surface area contributed by atoms with Crippen LogP contribution >= 0.6 is 0 Å². The third kappa shape index (κ3) is 3.21. The number of methoxy groups -OCH3 is 1. The summed E-state index contributed by atoms with van der Waals surface area (Å²) in [6.45, 7) is 13.0. The topological polar surface area (TPSA) is 38.3 Å². The zero-order valence-electron chi connectivity index (χ0n) is 12.3. The minimum absolute atomic E-state index is 0.0394. The summed E-state index contributed by atoms with van der Waals surface area (Å²) in [5.41, 5.74) is -0.454. The Morgan fingerprint density at radius 2 is 1.53 bits per heavy atom. The van der Waals surface area contributed by atoms with Crippen molar-refractivity contribution in [2.45, 2.75) is 66.0 Å². The van der Waals surface area contributed by atoms with Gasteiger partial charge in [-0.15, -0.1) is 0 Å². The molecule has 1 fully saturated rings. The Kier molecular flexibility index (Phi) is 3.64. The zero-order chi connectivity index (χ0) is 13.5. The van der Waals surface area contributed by atoms with Crippen LogP contribution < -0.4 is 5.32 Å². The number of carbonyl (C=O) groups excluding carboxylic acids is 1. The van der Waals surface area contributed by atoms with Crippen LogP contribution in [-0.2, 0) is 9.53 Å². The fourth-order valence-corrected chi connectivity index (χ4v) is 2.63. The Hall–Kier alpha value is -0.570. The molecule has 0 saturated heterocycles. The van der Waals surface area contributed by atoms with E-state index in [0.29, 0.717) is 0 Å². The largest absolute Gasteiger partial charge is 0.368 e. The lowest BCUT2D eigenvalue weighted by atomic mass is 9.72. The lowest BCUT2D eigenvalue weighted by Crippen LogP contribution is -2.54. The van der Waals surface area contributed by atoms with Crippen molar-refractivity contribution in [3.8, 4) is 0 Å². The van der Waals surface area contributed by atoms with Crippen molar-refractivity contribution in [1.29, 1.82) is 0 Å². The minimum Gasteiger partial charge on any atom is -0.368 e. The van der Waals surface area contributed by atoms with Crippen molar-refractivity contribution in [3.05, 3.63) is 0 Å². The third-order valence-electron chi connectivity index (χ3n) is 3.52. The fourth-order valence-electron chi connectivity index (χ4n) is 2.63. The van der Waals surface area contributed by atoms with E-state index in [1.165, 1.54) is 0 Å². The van der Waals surface area contributed by atoms with E-state index in [1.807, 2.05) is 0 Å². The summed E-state index contributed by atoms with van der Waals surface area (Å²) in [5.74, 6) is 0.0508. The standard InChI is InChI=1S/C14H27NO2/c1-12(2,3)10(13(4,5)6)15-11(16)14(17-7)8-9-14/h10H,8-9H2,1-7H3,(H,15,16). The molecule has 0 bridgehead atoms. The van der Waals surface area contributed by atoms with Crippen LogP contribution in [-0.4, -0.2) is 24.7 Å². The Morgan fingerprint density at radius 1 is 1.12 bits per heavy atom. The second-order valence-corrected chi connectivity index (χ2v) is 7.34. The summed E-state index contributed by atoms with van der Waals surface area (Å²) in [6, 6.07) is 0.134. The van der Waals surface area contributed by atoms with Crippen molar-refractivity contribution >= 4 is 5.91 Å². The van der Waals surface area contributed by atoms with Crippen LogP contribution in [0.2, 0.25) is 0 Å². The number of rotatable bonds is 3. The number of hydrogen-bond acceptors (Lipinski definition) is 2. The van der Waals surface area contributed by atoms with Gasteiger partial charge in [0.15, 0.2) is 0 Å². The molecule has 0 spiro atoms. The molecular formula is C14H27NO2. The number of hydrogen-bond donors (Lipinski definition) is 1. The molecule has 3 heteroatoms. The second-order valence-electron chi connectivity index (χ2n) is 7.34. The molecule has 0 aliphatic heterocycles. The van der Waals surface area contributed by atoms with E-state index in [-0.39, 0.29) is 22.8 Å². The summed E-state index contributed by atoms with van der Waals surface area (Å²) < 4.78 is 5.32. The van der Waals surface area contributed by atoms with Crippen LogP contribution in [0.1, 0.15) is 54.4 Å². The number of ether oxygens (including phenoxy) is 1. The van der Waals surface area contributed by atoms with Gasteiger partial charge in [-0.25, -0.2) is 0 Å². The van der Waals surface area contributed by atoms with Crippen molar-refractivity contribution in [1.82, 2.24) is 5.32 Å². The molecular weight excluding hydrogens is 214 g/mol. The first-order valence-electron chi connectivity index (χ1n) is 6.39. The van der Waals surface area contributed by atoms with Gasteiger partial charge in [-0.1, -0.05) is 41.5 Å². The first-order chi connectivity index (χ1) is 7.53. The lowest BCUT2D eigenvalue weighted by Gasteiger charge is -2.41. The van der Waals surface area contributed by atoms with Gasteiger partial charge in [0.05, 0.1) is 0 Å². The molecule has 0 aromatic rings. The van der Waals surface area contributed by atoms with Gasteiger partial charge in [0.25, 0.3) is 5.91 Å². The second kappa shape index (κ2) is 4.27. The molecule has 0 atom stereocenters. The highest BCUT2D eigenvalue weighted by Crippen LogP contribution is 2.41. The molecule has 3 nitrogen and oxygen atoms in total. The third-order valence-corrected chi connectivity index (χ3v) is 3.52. The number of amides is 1. The van der Waals surface area contributed by atoms with Crippen molar-refractivity contribution in [2.24, 2.45) is 10.8 Å².